The second-order valence-corrected chi connectivity index (χ2v) is 5.21. The van der Waals surface area contributed by atoms with Gasteiger partial charge in [0, 0.05) is 11.1 Å². The molecule has 0 unspecified atom stereocenters. The van der Waals surface area contributed by atoms with Crippen LogP contribution in [0.2, 0.25) is 10.0 Å². The molecule has 0 aromatic heterocycles. The maximum atomic E-state index is 13.1. The van der Waals surface area contributed by atoms with Crippen molar-refractivity contribution in [3.05, 3.63) is 52.3 Å². The molecule has 22 heavy (non-hydrogen) atoms. The van der Waals surface area contributed by atoms with Crippen LogP contribution in [-0.2, 0) is 4.79 Å². The van der Waals surface area contributed by atoms with Crippen molar-refractivity contribution in [3.63, 3.8) is 0 Å². The first-order chi connectivity index (χ1) is 10.5. The van der Waals surface area contributed by atoms with Crippen LogP contribution in [-0.4, -0.2) is 19.6 Å². The number of ether oxygens (including phenoxy) is 1. The highest BCUT2D eigenvalue weighted by atomic mass is 35.5. The molecule has 0 bridgehead atoms. The molecule has 2 rings (SSSR count). The van der Waals surface area contributed by atoms with E-state index in [2.05, 4.69) is 10.6 Å². The molecule has 2 aromatic rings. The largest absolute Gasteiger partial charge is 0.494 e. The lowest BCUT2D eigenvalue weighted by Gasteiger charge is -2.12. The van der Waals surface area contributed by atoms with Gasteiger partial charge >= 0.3 is 0 Å². The van der Waals surface area contributed by atoms with E-state index in [9.17, 15) is 9.18 Å². The monoisotopic (exact) mass is 342 g/mol. The van der Waals surface area contributed by atoms with Crippen LogP contribution in [0.25, 0.3) is 0 Å². The van der Waals surface area contributed by atoms with Crippen LogP contribution in [0, 0.1) is 5.82 Å². The number of anilines is 2. The minimum absolute atomic E-state index is 0.0268. The van der Waals surface area contributed by atoms with Gasteiger partial charge in [0.1, 0.15) is 11.6 Å². The van der Waals surface area contributed by atoms with Gasteiger partial charge in [-0.2, -0.15) is 0 Å². The van der Waals surface area contributed by atoms with Crippen LogP contribution in [0.3, 0.4) is 0 Å². The zero-order valence-corrected chi connectivity index (χ0v) is 13.1. The Morgan fingerprint density at radius 2 is 1.91 bits per heavy atom. The van der Waals surface area contributed by atoms with Crippen LogP contribution in [0.5, 0.6) is 5.75 Å². The molecule has 1 amide bonds. The van der Waals surface area contributed by atoms with E-state index in [1.165, 1.54) is 31.4 Å². The van der Waals surface area contributed by atoms with Gasteiger partial charge < -0.3 is 15.4 Å². The number of halogens is 3. The fourth-order valence-electron chi connectivity index (χ4n) is 1.77. The second kappa shape index (κ2) is 7.33. The Hall–Kier alpha value is -1.98. The quantitative estimate of drug-likeness (QED) is 0.856. The minimum Gasteiger partial charge on any atom is -0.494 e. The lowest BCUT2D eigenvalue weighted by Crippen LogP contribution is -2.22. The van der Waals surface area contributed by atoms with E-state index in [1.54, 1.807) is 12.1 Å². The molecule has 2 N–H and O–H groups in total. The summed E-state index contributed by atoms with van der Waals surface area (Å²) in [5.74, 6) is -0.410. The minimum atomic E-state index is -0.417. The summed E-state index contributed by atoms with van der Waals surface area (Å²) in [6.07, 6.45) is 0. The highest BCUT2D eigenvalue weighted by molar-refractivity contribution is 6.36. The predicted octanol–water partition coefficient (Wildman–Crippen LogP) is 4.19. The Morgan fingerprint density at radius 3 is 2.59 bits per heavy atom. The highest BCUT2D eigenvalue weighted by Gasteiger charge is 2.09. The number of rotatable bonds is 5. The third kappa shape index (κ3) is 4.26. The van der Waals surface area contributed by atoms with Crippen LogP contribution in [0.1, 0.15) is 0 Å². The molecule has 116 valence electrons. The molecule has 0 atom stereocenters. The average Bonchev–Trinajstić information content (AvgIpc) is 2.48. The van der Waals surface area contributed by atoms with Gasteiger partial charge in [0.2, 0.25) is 5.91 Å². The summed E-state index contributed by atoms with van der Waals surface area (Å²) in [7, 11) is 1.42. The Labute approximate surface area is 137 Å². The number of benzene rings is 2. The van der Waals surface area contributed by atoms with Crippen LogP contribution in [0.4, 0.5) is 15.8 Å². The van der Waals surface area contributed by atoms with Crippen molar-refractivity contribution in [2.24, 2.45) is 0 Å². The van der Waals surface area contributed by atoms with E-state index < -0.39 is 5.82 Å². The Kier molecular flexibility index (Phi) is 5.46. The van der Waals surface area contributed by atoms with Crippen molar-refractivity contribution in [3.8, 4) is 5.75 Å². The van der Waals surface area contributed by atoms with Gasteiger partial charge in [-0.05, 0) is 30.3 Å². The number of carbonyl (C=O) groups is 1. The van der Waals surface area contributed by atoms with E-state index in [1.807, 2.05) is 0 Å². The normalized spacial score (nSPS) is 10.2. The summed E-state index contributed by atoms with van der Waals surface area (Å²) in [5.41, 5.74) is 0.977. The molecule has 0 saturated heterocycles. The first-order valence-corrected chi connectivity index (χ1v) is 7.07. The third-order valence-electron chi connectivity index (χ3n) is 2.81. The topological polar surface area (TPSA) is 50.4 Å². The van der Waals surface area contributed by atoms with Crippen LogP contribution < -0.4 is 15.4 Å². The molecule has 0 aliphatic heterocycles. The van der Waals surface area contributed by atoms with Gasteiger partial charge in [0.15, 0.2) is 0 Å². The number of methoxy groups -OCH3 is 1. The lowest BCUT2D eigenvalue weighted by molar-refractivity contribution is -0.114. The van der Waals surface area contributed by atoms with E-state index in [4.69, 9.17) is 27.9 Å². The number of nitrogens with one attached hydrogen (secondary N) is 2. The Balaban J connectivity index is 1.98. The SMILES string of the molecule is COc1cc(F)ccc1NCC(=O)Nc1ccc(Cl)cc1Cl. The fourth-order valence-corrected chi connectivity index (χ4v) is 2.23. The van der Waals surface area contributed by atoms with E-state index in [0.29, 0.717) is 27.2 Å². The smallest absolute Gasteiger partial charge is 0.243 e. The van der Waals surface area contributed by atoms with Gasteiger partial charge in [0.25, 0.3) is 0 Å². The molecule has 2 aromatic carbocycles. The molecule has 0 spiro atoms. The Bertz CT molecular complexity index is 695. The van der Waals surface area contributed by atoms with Crippen molar-refractivity contribution >= 4 is 40.5 Å². The van der Waals surface area contributed by atoms with Gasteiger partial charge in [0.05, 0.1) is 30.1 Å². The zero-order valence-electron chi connectivity index (χ0n) is 11.6. The molecule has 0 aliphatic rings. The van der Waals surface area contributed by atoms with Crippen molar-refractivity contribution < 1.29 is 13.9 Å². The fraction of sp³-hybridized carbons (Fsp3) is 0.133. The number of amides is 1. The first kappa shape index (κ1) is 16.4. The van der Waals surface area contributed by atoms with Gasteiger partial charge in [-0.3, -0.25) is 4.79 Å². The van der Waals surface area contributed by atoms with Crippen molar-refractivity contribution in [2.45, 2.75) is 0 Å². The standard InChI is InChI=1S/C15H13Cl2FN2O2/c1-22-14-7-10(18)3-5-13(14)19-8-15(21)20-12-4-2-9(16)6-11(12)17/h2-7,19H,8H2,1H3,(H,20,21). The molecule has 0 saturated carbocycles. The van der Waals surface area contributed by atoms with E-state index in [-0.39, 0.29) is 12.5 Å². The second-order valence-electron chi connectivity index (χ2n) is 4.37. The molecule has 7 heteroatoms. The maximum absolute atomic E-state index is 13.1. The molecule has 0 aliphatic carbocycles. The summed E-state index contributed by atoms with van der Waals surface area (Å²) in [4.78, 5) is 11.9. The summed E-state index contributed by atoms with van der Waals surface area (Å²) in [6.45, 7) is -0.0268. The number of hydrogen-bond donors (Lipinski definition) is 2. The van der Waals surface area contributed by atoms with Crippen molar-refractivity contribution in [2.75, 3.05) is 24.3 Å². The van der Waals surface area contributed by atoms with Gasteiger partial charge in [-0.1, -0.05) is 23.2 Å². The molecule has 4 nitrogen and oxygen atoms in total. The van der Waals surface area contributed by atoms with Crippen LogP contribution >= 0.6 is 23.2 Å². The van der Waals surface area contributed by atoms with Crippen molar-refractivity contribution in [1.29, 1.82) is 0 Å². The van der Waals surface area contributed by atoms with E-state index >= 15 is 0 Å². The molecular weight excluding hydrogens is 330 g/mol. The number of carbonyl (C=O) groups excluding carboxylic acids is 1. The lowest BCUT2D eigenvalue weighted by atomic mass is 10.2. The molecule has 0 fully saturated rings. The zero-order chi connectivity index (χ0) is 16.1. The molecular formula is C15H13Cl2FN2O2. The average molecular weight is 343 g/mol. The third-order valence-corrected chi connectivity index (χ3v) is 3.36. The number of hydrogen-bond acceptors (Lipinski definition) is 3. The highest BCUT2D eigenvalue weighted by Crippen LogP contribution is 2.26. The summed E-state index contributed by atoms with van der Waals surface area (Å²) in [6, 6.07) is 8.78. The molecule has 0 heterocycles. The van der Waals surface area contributed by atoms with Crippen molar-refractivity contribution in [1.82, 2.24) is 0 Å². The van der Waals surface area contributed by atoms with Crippen LogP contribution in [0.15, 0.2) is 36.4 Å². The summed E-state index contributed by atoms with van der Waals surface area (Å²) >= 11 is 11.8. The predicted molar refractivity (Wildman–Crippen MR) is 86.5 cm³/mol. The van der Waals surface area contributed by atoms with Gasteiger partial charge in [-0.25, -0.2) is 4.39 Å². The van der Waals surface area contributed by atoms with E-state index in [0.717, 1.165) is 0 Å². The van der Waals surface area contributed by atoms with Gasteiger partial charge in [-0.15, -0.1) is 0 Å². The first-order valence-electron chi connectivity index (χ1n) is 6.32. The summed E-state index contributed by atoms with van der Waals surface area (Å²) in [5, 5.41) is 6.35. The summed E-state index contributed by atoms with van der Waals surface area (Å²) < 4.78 is 18.1. The maximum Gasteiger partial charge on any atom is 0.243 e. The Morgan fingerprint density at radius 1 is 1.18 bits per heavy atom. The molecule has 0 radical (unpaired) electrons.